The average molecular weight is 367 g/mol. The molecular formula is C15H17N3O4S2. The number of nitrogen functional groups attached to an aromatic ring is 1. The van der Waals surface area contributed by atoms with Gasteiger partial charge in [0.15, 0.2) is 16.7 Å². The molecule has 0 radical (unpaired) electrons. The minimum atomic E-state index is -0.498. The number of hydrogen-bond acceptors (Lipinski definition) is 9. The van der Waals surface area contributed by atoms with Gasteiger partial charge in [-0.05, 0) is 38.1 Å². The van der Waals surface area contributed by atoms with Crippen LogP contribution < -0.4 is 10.5 Å². The smallest absolute Gasteiger partial charge is 0.316 e. The van der Waals surface area contributed by atoms with E-state index in [1.165, 1.54) is 23.1 Å². The second-order valence-corrected chi connectivity index (χ2v) is 7.20. The molecule has 0 bridgehead atoms. The highest BCUT2D eigenvalue weighted by atomic mass is 32.2. The number of esters is 1. The molecule has 128 valence electrons. The van der Waals surface area contributed by atoms with E-state index in [0.29, 0.717) is 20.8 Å². The van der Waals surface area contributed by atoms with Gasteiger partial charge in [-0.25, -0.2) is 0 Å². The lowest BCUT2D eigenvalue weighted by molar-refractivity contribution is -0.139. The predicted octanol–water partition coefficient (Wildman–Crippen LogP) is 2.43. The summed E-state index contributed by atoms with van der Waals surface area (Å²) >= 11 is 2.36. The molecule has 0 amide bonds. The molecule has 1 aromatic heterocycles. The number of aromatic nitrogens is 2. The van der Waals surface area contributed by atoms with Crippen LogP contribution in [0.4, 0.5) is 5.13 Å². The van der Waals surface area contributed by atoms with Crippen LogP contribution in [0.15, 0.2) is 28.6 Å². The van der Waals surface area contributed by atoms with Crippen LogP contribution in [0.3, 0.4) is 0 Å². The number of nitrogens with zero attached hydrogens (tertiary/aromatic N) is 2. The van der Waals surface area contributed by atoms with E-state index in [4.69, 9.17) is 15.2 Å². The molecular weight excluding hydrogens is 350 g/mol. The van der Waals surface area contributed by atoms with Gasteiger partial charge in [0.1, 0.15) is 5.75 Å². The average Bonchev–Trinajstić information content (AvgIpc) is 2.96. The fraction of sp³-hybridized carbons (Fsp3) is 0.333. The molecule has 2 N–H and O–H groups in total. The maximum atomic E-state index is 12.0. The third kappa shape index (κ3) is 5.82. The Morgan fingerprint density at radius 2 is 1.96 bits per heavy atom. The lowest BCUT2D eigenvalue weighted by atomic mass is 10.1. The van der Waals surface area contributed by atoms with Gasteiger partial charge in [0.2, 0.25) is 5.13 Å². The van der Waals surface area contributed by atoms with E-state index in [9.17, 15) is 9.59 Å². The third-order valence-electron chi connectivity index (χ3n) is 2.65. The molecule has 9 heteroatoms. The van der Waals surface area contributed by atoms with Gasteiger partial charge < -0.3 is 15.2 Å². The van der Waals surface area contributed by atoms with Crippen LogP contribution in [-0.4, -0.2) is 40.4 Å². The van der Waals surface area contributed by atoms with Crippen LogP contribution in [0.5, 0.6) is 5.75 Å². The van der Waals surface area contributed by atoms with Gasteiger partial charge in [-0.3, -0.25) is 9.59 Å². The van der Waals surface area contributed by atoms with Gasteiger partial charge in [0.05, 0.1) is 11.9 Å². The summed E-state index contributed by atoms with van der Waals surface area (Å²) in [6, 6.07) is 6.72. The van der Waals surface area contributed by atoms with Crippen LogP contribution >= 0.6 is 23.1 Å². The number of ketones is 1. The Balaban J connectivity index is 1.76. The monoisotopic (exact) mass is 367 g/mol. The Hall–Kier alpha value is -2.13. The van der Waals surface area contributed by atoms with Crippen molar-refractivity contribution >= 4 is 40.0 Å². The Kier molecular flexibility index (Phi) is 6.56. The molecule has 1 heterocycles. The fourth-order valence-electron chi connectivity index (χ4n) is 1.66. The molecule has 0 saturated heterocycles. The quantitative estimate of drug-likeness (QED) is 0.431. The number of ether oxygens (including phenoxy) is 2. The molecule has 0 aliphatic rings. The standard InChI is InChI=1S/C15H17N3O4S2/c1-9(2)22-11-5-3-10(4-6-11)12(19)7-21-13(20)8-23-15-18-17-14(16)24-15/h3-6,9H,7-8H2,1-2H3,(H2,16,17). The Bertz CT molecular complexity index is 701. The van der Waals surface area contributed by atoms with E-state index in [1.807, 2.05) is 13.8 Å². The molecule has 7 nitrogen and oxygen atoms in total. The Morgan fingerprint density at radius 3 is 2.54 bits per heavy atom. The Labute approximate surface area is 147 Å². The molecule has 24 heavy (non-hydrogen) atoms. The van der Waals surface area contributed by atoms with Crippen molar-refractivity contribution in [3.63, 3.8) is 0 Å². The minimum absolute atomic E-state index is 0.0447. The second-order valence-electron chi connectivity index (χ2n) is 4.97. The number of Topliss-reactive ketones (excluding diaryl/α,β-unsaturated/α-hetero) is 1. The van der Waals surface area contributed by atoms with Crippen LogP contribution in [-0.2, 0) is 9.53 Å². The number of anilines is 1. The molecule has 0 spiro atoms. The number of hydrogen-bond donors (Lipinski definition) is 1. The first-order chi connectivity index (χ1) is 11.4. The van der Waals surface area contributed by atoms with E-state index >= 15 is 0 Å². The van der Waals surface area contributed by atoms with E-state index in [0.717, 1.165) is 0 Å². The van der Waals surface area contributed by atoms with Gasteiger partial charge in [-0.15, -0.1) is 10.2 Å². The summed E-state index contributed by atoms with van der Waals surface area (Å²) in [5, 5.41) is 7.76. The van der Waals surface area contributed by atoms with E-state index in [-0.39, 0.29) is 24.2 Å². The normalized spacial score (nSPS) is 10.6. The summed E-state index contributed by atoms with van der Waals surface area (Å²) in [4.78, 5) is 23.6. The highest BCUT2D eigenvalue weighted by Gasteiger charge is 2.12. The molecule has 0 aliphatic carbocycles. The summed E-state index contributed by atoms with van der Waals surface area (Å²) < 4.78 is 11.1. The number of thioether (sulfide) groups is 1. The highest BCUT2D eigenvalue weighted by molar-refractivity contribution is 8.01. The van der Waals surface area contributed by atoms with Crippen LogP contribution in [0.25, 0.3) is 0 Å². The van der Waals surface area contributed by atoms with Gasteiger partial charge in [-0.2, -0.15) is 0 Å². The summed E-state index contributed by atoms with van der Waals surface area (Å²) in [5.74, 6) is -0.0407. The van der Waals surface area contributed by atoms with Crippen molar-refractivity contribution in [1.29, 1.82) is 0 Å². The van der Waals surface area contributed by atoms with Crippen molar-refractivity contribution in [2.45, 2.75) is 24.3 Å². The van der Waals surface area contributed by atoms with Gasteiger partial charge >= 0.3 is 5.97 Å². The van der Waals surface area contributed by atoms with Crippen molar-refractivity contribution in [3.05, 3.63) is 29.8 Å². The van der Waals surface area contributed by atoms with Gasteiger partial charge in [0.25, 0.3) is 0 Å². The third-order valence-corrected chi connectivity index (χ3v) is 4.51. The van der Waals surface area contributed by atoms with Crippen LogP contribution in [0.2, 0.25) is 0 Å². The Morgan fingerprint density at radius 1 is 1.25 bits per heavy atom. The summed E-state index contributed by atoms with van der Waals surface area (Å²) in [5.41, 5.74) is 5.91. The van der Waals surface area contributed by atoms with Crippen LogP contribution in [0.1, 0.15) is 24.2 Å². The van der Waals surface area contributed by atoms with Crippen molar-refractivity contribution in [2.24, 2.45) is 0 Å². The summed E-state index contributed by atoms with van der Waals surface area (Å²) in [6.07, 6.45) is 0.0633. The SMILES string of the molecule is CC(C)Oc1ccc(C(=O)COC(=O)CSc2nnc(N)s2)cc1. The molecule has 0 unspecified atom stereocenters. The molecule has 0 aliphatic heterocycles. The van der Waals surface area contributed by atoms with E-state index in [1.54, 1.807) is 24.3 Å². The van der Waals surface area contributed by atoms with Gasteiger partial charge in [0, 0.05) is 5.56 Å². The lowest BCUT2D eigenvalue weighted by Gasteiger charge is -2.09. The minimum Gasteiger partial charge on any atom is -0.491 e. The van der Waals surface area contributed by atoms with Crippen molar-refractivity contribution in [1.82, 2.24) is 10.2 Å². The van der Waals surface area contributed by atoms with Crippen molar-refractivity contribution in [2.75, 3.05) is 18.1 Å². The molecule has 1 aromatic carbocycles. The molecule has 2 aromatic rings. The number of rotatable bonds is 8. The fourth-order valence-corrected chi connectivity index (χ4v) is 3.10. The molecule has 0 fully saturated rings. The summed E-state index contributed by atoms with van der Waals surface area (Å²) in [7, 11) is 0. The number of carbonyl (C=O) groups excluding carboxylic acids is 2. The van der Waals surface area contributed by atoms with E-state index < -0.39 is 5.97 Å². The number of carbonyl (C=O) groups is 2. The predicted molar refractivity (Wildman–Crippen MR) is 92.5 cm³/mol. The van der Waals surface area contributed by atoms with Crippen molar-refractivity contribution < 1.29 is 19.1 Å². The molecule has 0 atom stereocenters. The lowest BCUT2D eigenvalue weighted by Crippen LogP contribution is -2.15. The van der Waals surface area contributed by atoms with Gasteiger partial charge in [-0.1, -0.05) is 23.1 Å². The van der Waals surface area contributed by atoms with E-state index in [2.05, 4.69) is 10.2 Å². The highest BCUT2D eigenvalue weighted by Crippen LogP contribution is 2.23. The largest absolute Gasteiger partial charge is 0.491 e. The molecule has 0 saturated carbocycles. The first-order valence-electron chi connectivity index (χ1n) is 7.11. The molecule has 2 rings (SSSR count). The van der Waals surface area contributed by atoms with Crippen molar-refractivity contribution in [3.8, 4) is 5.75 Å². The second kappa shape index (κ2) is 8.65. The zero-order valence-electron chi connectivity index (χ0n) is 13.2. The topological polar surface area (TPSA) is 104 Å². The number of nitrogens with two attached hydrogens (primary N) is 1. The van der Waals surface area contributed by atoms with Crippen LogP contribution in [0, 0.1) is 0 Å². The first-order valence-corrected chi connectivity index (χ1v) is 8.91. The first kappa shape index (κ1) is 18.2. The maximum Gasteiger partial charge on any atom is 0.316 e. The number of benzene rings is 1. The maximum absolute atomic E-state index is 12.0. The zero-order valence-corrected chi connectivity index (χ0v) is 14.9. The zero-order chi connectivity index (χ0) is 17.5. The summed E-state index contributed by atoms with van der Waals surface area (Å²) in [6.45, 7) is 3.54.